The molecule has 0 amide bonds. The molecule has 1 heterocycles. The van der Waals surface area contributed by atoms with Gasteiger partial charge in [0.15, 0.2) is 0 Å². The van der Waals surface area contributed by atoms with Crippen molar-refractivity contribution in [2.24, 2.45) is 0 Å². The largest absolute Gasteiger partial charge is 0.481 e. The van der Waals surface area contributed by atoms with Crippen molar-refractivity contribution < 1.29 is 9.90 Å². The summed E-state index contributed by atoms with van der Waals surface area (Å²) in [7, 11) is 0. The number of carbonyl (C=O) groups is 1. The minimum Gasteiger partial charge on any atom is -0.481 e. The molecule has 1 saturated carbocycles. The summed E-state index contributed by atoms with van der Waals surface area (Å²) in [5.74, 6) is 0.408. The third-order valence-corrected chi connectivity index (χ3v) is 3.74. The lowest BCUT2D eigenvalue weighted by Gasteiger charge is -2.20. The number of aromatic nitrogens is 2. The smallest absolute Gasteiger partial charge is 0.303 e. The number of hydrogen-bond acceptors (Lipinski definition) is 3. The molecule has 18 heavy (non-hydrogen) atoms. The summed E-state index contributed by atoms with van der Waals surface area (Å²) in [5, 5.41) is 9.05. The Bertz CT molecular complexity index is 431. The molecule has 4 nitrogen and oxygen atoms in total. The molecule has 0 spiro atoms. The molecular formula is C13H17ClN2O2. The van der Waals surface area contributed by atoms with Gasteiger partial charge >= 0.3 is 5.97 Å². The van der Waals surface area contributed by atoms with Gasteiger partial charge in [-0.15, -0.1) is 0 Å². The van der Waals surface area contributed by atoms with Crippen molar-refractivity contribution in [3.05, 3.63) is 22.7 Å². The highest BCUT2D eigenvalue weighted by Gasteiger charge is 2.19. The lowest BCUT2D eigenvalue weighted by Crippen LogP contribution is -2.10. The van der Waals surface area contributed by atoms with Crippen LogP contribution in [0.3, 0.4) is 0 Å². The predicted octanol–water partition coefficient (Wildman–Crippen LogP) is 3.19. The van der Waals surface area contributed by atoms with Gasteiger partial charge < -0.3 is 5.11 Å². The van der Waals surface area contributed by atoms with Gasteiger partial charge in [-0.1, -0.05) is 30.9 Å². The Morgan fingerprint density at radius 2 is 2.11 bits per heavy atom. The number of carboxylic acids is 1. The Balaban J connectivity index is 2.06. The average Bonchev–Trinajstić information content (AvgIpc) is 2.38. The number of nitrogens with zero attached hydrogens (tertiary/aromatic N) is 2. The molecule has 0 atom stereocenters. The maximum absolute atomic E-state index is 10.5. The number of hydrogen-bond donors (Lipinski definition) is 1. The summed E-state index contributed by atoms with van der Waals surface area (Å²) in [6, 6.07) is 0. The molecule has 1 aliphatic carbocycles. The standard InChI is InChI=1S/C13H17ClN2O2/c14-12-10(6-7-11(17)18)8-15-13(16-12)9-4-2-1-3-5-9/h8-9H,1-7H2,(H,17,18). The first-order chi connectivity index (χ1) is 8.66. The second-order valence-corrected chi connectivity index (χ2v) is 5.13. The van der Waals surface area contributed by atoms with E-state index in [1.165, 1.54) is 19.3 Å². The van der Waals surface area contributed by atoms with Crippen LogP contribution in [0.15, 0.2) is 6.20 Å². The van der Waals surface area contributed by atoms with Gasteiger partial charge in [-0.2, -0.15) is 0 Å². The SMILES string of the molecule is O=C(O)CCc1cnc(C2CCCCC2)nc1Cl. The lowest BCUT2D eigenvalue weighted by molar-refractivity contribution is -0.136. The van der Waals surface area contributed by atoms with E-state index in [1.54, 1.807) is 6.20 Å². The van der Waals surface area contributed by atoms with Gasteiger partial charge in [0.25, 0.3) is 0 Å². The molecule has 5 heteroatoms. The molecule has 0 saturated heterocycles. The van der Waals surface area contributed by atoms with Gasteiger partial charge in [0.05, 0.1) is 0 Å². The Kier molecular flexibility index (Phi) is 4.53. The molecule has 0 radical (unpaired) electrons. The van der Waals surface area contributed by atoms with Crippen LogP contribution < -0.4 is 0 Å². The fraction of sp³-hybridized carbons (Fsp3) is 0.615. The van der Waals surface area contributed by atoms with Gasteiger partial charge in [-0.05, 0) is 19.3 Å². The van der Waals surface area contributed by atoms with E-state index in [1.807, 2.05) is 0 Å². The summed E-state index contributed by atoms with van der Waals surface area (Å²) < 4.78 is 0. The summed E-state index contributed by atoms with van der Waals surface area (Å²) in [5.41, 5.74) is 0.721. The number of aryl methyl sites for hydroxylation is 1. The quantitative estimate of drug-likeness (QED) is 0.852. The van der Waals surface area contributed by atoms with Crippen LogP contribution in [0, 0.1) is 0 Å². The Hall–Kier alpha value is -1.16. The highest BCUT2D eigenvalue weighted by atomic mass is 35.5. The maximum Gasteiger partial charge on any atom is 0.303 e. The molecule has 0 aromatic carbocycles. The normalized spacial score (nSPS) is 16.7. The Morgan fingerprint density at radius 1 is 1.39 bits per heavy atom. The number of carboxylic acid groups (broad SMARTS) is 1. The second kappa shape index (κ2) is 6.14. The van der Waals surface area contributed by atoms with E-state index >= 15 is 0 Å². The van der Waals surface area contributed by atoms with Crippen molar-refractivity contribution in [1.29, 1.82) is 0 Å². The molecule has 1 fully saturated rings. The van der Waals surface area contributed by atoms with Crippen LogP contribution in [0.5, 0.6) is 0 Å². The molecule has 2 rings (SSSR count). The highest BCUT2D eigenvalue weighted by molar-refractivity contribution is 6.30. The van der Waals surface area contributed by atoms with E-state index in [9.17, 15) is 4.79 Å². The first-order valence-electron chi connectivity index (χ1n) is 6.40. The molecule has 1 aromatic heterocycles. The van der Waals surface area contributed by atoms with Crippen LogP contribution in [0.25, 0.3) is 0 Å². The van der Waals surface area contributed by atoms with Crippen LogP contribution in [0.2, 0.25) is 5.15 Å². The summed E-state index contributed by atoms with van der Waals surface area (Å²) in [4.78, 5) is 19.2. The van der Waals surface area contributed by atoms with Gasteiger partial charge in [0.2, 0.25) is 0 Å². The predicted molar refractivity (Wildman–Crippen MR) is 68.8 cm³/mol. The van der Waals surface area contributed by atoms with Crippen molar-refractivity contribution in [1.82, 2.24) is 9.97 Å². The van der Waals surface area contributed by atoms with Crippen LogP contribution in [0.4, 0.5) is 0 Å². The van der Waals surface area contributed by atoms with Crippen LogP contribution in [0.1, 0.15) is 55.8 Å². The Labute approximate surface area is 111 Å². The topological polar surface area (TPSA) is 63.1 Å². The molecule has 0 aliphatic heterocycles. The van der Waals surface area contributed by atoms with Gasteiger partial charge in [0.1, 0.15) is 11.0 Å². The van der Waals surface area contributed by atoms with E-state index in [4.69, 9.17) is 16.7 Å². The number of aliphatic carboxylic acids is 1. The molecule has 0 unspecified atom stereocenters. The fourth-order valence-electron chi connectivity index (χ4n) is 2.37. The molecule has 1 N–H and O–H groups in total. The molecule has 1 aromatic rings. The van der Waals surface area contributed by atoms with Gasteiger partial charge in [-0.25, -0.2) is 9.97 Å². The van der Waals surface area contributed by atoms with Crippen molar-refractivity contribution in [3.63, 3.8) is 0 Å². The minimum absolute atomic E-state index is 0.0614. The second-order valence-electron chi connectivity index (χ2n) is 4.77. The maximum atomic E-state index is 10.5. The first kappa shape index (κ1) is 13.3. The monoisotopic (exact) mass is 268 g/mol. The average molecular weight is 269 g/mol. The molecule has 1 aliphatic rings. The van der Waals surface area contributed by atoms with Gasteiger partial charge in [-0.3, -0.25) is 4.79 Å². The lowest BCUT2D eigenvalue weighted by atomic mass is 9.89. The van der Waals surface area contributed by atoms with Crippen LogP contribution >= 0.6 is 11.6 Å². The summed E-state index contributed by atoms with van der Waals surface area (Å²) in [6.45, 7) is 0. The van der Waals surface area contributed by atoms with Crippen molar-refractivity contribution >= 4 is 17.6 Å². The zero-order chi connectivity index (χ0) is 13.0. The van der Waals surface area contributed by atoms with Crippen molar-refractivity contribution in [3.8, 4) is 0 Å². The van der Waals surface area contributed by atoms with E-state index in [0.717, 1.165) is 24.2 Å². The molecular weight excluding hydrogens is 252 g/mol. The van der Waals surface area contributed by atoms with E-state index < -0.39 is 5.97 Å². The fourth-order valence-corrected chi connectivity index (χ4v) is 2.60. The van der Waals surface area contributed by atoms with E-state index in [2.05, 4.69) is 9.97 Å². The highest BCUT2D eigenvalue weighted by Crippen LogP contribution is 2.31. The first-order valence-corrected chi connectivity index (χ1v) is 6.77. The zero-order valence-corrected chi connectivity index (χ0v) is 11.0. The van der Waals surface area contributed by atoms with Crippen molar-refractivity contribution in [2.75, 3.05) is 0 Å². The third-order valence-electron chi connectivity index (χ3n) is 3.41. The van der Waals surface area contributed by atoms with E-state index in [0.29, 0.717) is 17.5 Å². The van der Waals surface area contributed by atoms with Crippen molar-refractivity contribution in [2.45, 2.75) is 50.9 Å². The molecule has 98 valence electrons. The number of rotatable bonds is 4. The minimum atomic E-state index is -0.831. The summed E-state index contributed by atoms with van der Waals surface area (Å²) >= 11 is 6.09. The van der Waals surface area contributed by atoms with Gasteiger partial charge in [0, 0.05) is 24.1 Å². The third kappa shape index (κ3) is 3.42. The van der Waals surface area contributed by atoms with Crippen LogP contribution in [-0.2, 0) is 11.2 Å². The zero-order valence-electron chi connectivity index (χ0n) is 10.2. The Morgan fingerprint density at radius 3 is 2.72 bits per heavy atom. The van der Waals surface area contributed by atoms with E-state index in [-0.39, 0.29) is 6.42 Å². The van der Waals surface area contributed by atoms with Crippen LogP contribution in [-0.4, -0.2) is 21.0 Å². The number of halogens is 1. The molecule has 0 bridgehead atoms. The summed E-state index contributed by atoms with van der Waals surface area (Å²) in [6.07, 6.45) is 8.14.